The number of rotatable bonds is 1. The van der Waals surface area contributed by atoms with E-state index in [0.29, 0.717) is 6.07 Å². The van der Waals surface area contributed by atoms with Crippen LogP contribution in [0.1, 0.15) is 0 Å². The monoisotopic (exact) mass is 317 g/mol. The van der Waals surface area contributed by atoms with Crippen LogP contribution in [0.15, 0.2) is 6.07 Å². The zero-order valence-electron chi connectivity index (χ0n) is 5.92. The highest BCUT2D eigenvalue weighted by molar-refractivity contribution is 14.1. The number of nitro benzene ring substituents is 1. The number of phenolic OH excluding ortho intramolecular Hbond substituents is 1. The van der Waals surface area contributed by atoms with Gasteiger partial charge < -0.3 is 5.11 Å². The van der Waals surface area contributed by atoms with Gasteiger partial charge in [-0.15, -0.1) is 0 Å². The van der Waals surface area contributed by atoms with Gasteiger partial charge in [0.25, 0.3) is 0 Å². The number of benzene rings is 1. The van der Waals surface area contributed by atoms with Gasteiger partial charge >= 0.3 is 5.69 Å². The van der Waals surface area contributed by atoms with E-state index in [2.05, 4.69) is 0 Å². The van der Waals surface area contributed by atoms with Crippen LogP contribution in [0.3, 0.4) is 0 Å². The van der Waals surface area contributed by atoms with Gasteiger partial charge in [-0.25, -0.2) is 0 Å². The van der Waals surface area contributed by atoms with Crippen LogP contribution < -0.4 is 0 Å². The predicted molar refractivity (Wildman–Crippen MR) is 52.4 cm³/mol. The molecule has 0 heterocycles. The van der Waals surface area contributed by atoms with Crippen LogP contribution >= 0.6 is 34.2 Å². The summed E-state index contributed by atoms with van der Waals surface area (Å²) < 4.78 is 12.7. The Bertz CT molecular complexity index is 385. The van der Waals surface area contributed by atoms with E-state index < -0.39 is 22.2 Å². The van der Waals surface area contributed by atoms with Crippen LogP contribution in [0.5, 0.6) is 5.75 Å². The summed E-state index contributed by atoms with van der Waals surface area (Å²) in [5.74, 6) is -1.53. The van der Waals surface area contributed by atoms with Gasteiger partial charge in [0.2, 0.25) is 5.82 Å². The number of nitro groups is 1. The molecule has 0 aliphatic carbocycles. The summed E-state index contributed by atoms with van der Waals surface area (Å²) in [5.41, 5.74) is -0.762. The van der Waals surface area contributed by atoms with E-state index in [1.807, 2.05) is 0 Å². The molecule has 0 saturated carbocycles. The molecule has 70 valence electrons. The van der Waals surface area contributed by atoms with E-state index in [1.165, 1.54) is 22.6 Å². The first-order valence-electron chi connectivity index (χ1n) is 2.96. The van der Waals surface area contributed by atoms with Crippen molar-refractivity contribution >= 4 is 39.9 Å². The maximum Gasteiger partial charge on any atom is 0.321 e. The fourth-order valence-electron chi connectivity index (χ4n) is 0.737. The predicted octanol–water partition coefficient (Wildman–Crippen LogP) is 2.70. The maximum atomic E-state index is 12.9. The molecule has 0 aliphatic heterocycles. The van der Waals surface area contributed by atoms with Crippen molar-refractivity contribution in [3.8, 4) is 5.75 Å². The Morgan fingerprint density at radius 3 is 2.69 bits per heavy atom. The fraction of sp³-hybridized carbons (Fsp3) is 0. The number of halogens is 3. The van der Waals surface area contributed by atoms with E-state index in [4.69, 9.17) is 16.7 Å². The summed E-state index contributed by atoms with van der Waals surface area (Å²) in [4.78, 5) is 9.40. The average Bonchev–Trinajstić information content (AvgIpc) is 1.99. The van der Waals surface area contributed by atoms with Crippen LogP contribution in [0.25, 0.3) is 0 Å². The molecule has 0 unspecified atom stereocenters. The third kappa shape index (κ3) is 1.83. The third-order valence-corrected chi connectivity index (χ3v) is 2.61. The highest BCUT2D eigenvalue weighted by Gasteiger charge is 2.24. The molecule has 0 amide bonds. The van der Waals surface area contributed by atoms with Gasteiger partial charge in [0.1, 0.15) is 3.57 Å². The van der Waals surface area contributed by atoms with Crippen LogP contribution in [-0.2, 0) is 0 Å². The molecule has 4 nitrogen and oxygen atoms in total. The third-order valence-electron chi connectivity index (χ3n) is 1.30. The minimum absolute atomic E-state index is 0.201. The minimum atomic E-state index is -1.06. The summed E-state index contributed by atoms with van der Waals surface area (Å²) >= 11 is 6.83. The molecule has 0 spiro atoms. The van der Waals surface area contributed by atoms with E-state index in [0.717, 1.165) is 0 Å². The Morgan fingerprint density at radius 1 is 1.69 bits per heavy atom. The van der Waals surface area contributed by atoms with Gasteiger partial charge in [-0.05, 0) is 22.6 Å². The van der Waals surface area contributed by atoms with Crippen molar-refractivity contribution in [1.82, 2.24) is 0 Å². The summed E-state index contributed by atoms with van der Waals surface area (Å²) in [6.07, 6.45) is 0. The van der Waals surface area contributed by atoms with Crippen LogP contribution in [0, 0.1) is 19.5 Å². The van der Waals surface area contributed by atoms with Gasteiger partial charge in [0.05, 0.1) is 9.95 Å². The second kappa shape index (κ2) is 3.62. The molecule has 1 aromatic carbocycles. The van der Waals surface area contributed by atoms with Gasteiger partial charge in [-0.2, -0.15) is 4.39 Å². The van der Waals surface area contributed by atoms with Crippen molar-refractivity contribution in [2.24, 2.45) is 0 Å². The zero-order valence-corrected chi connectivity index (χ0v) is 8.84. The van der Waals surface area contributed by atoms with Crippen molar-refractivity contribution < 1.29 is 14.4 Å². The lowest BCUT2D eigenvalue weighted by molar-refractivity contribution is -0.388. The van der Waals surface area contributed by atoms with Crippen molar-refractivity contribution in [3.05, 3.63) is 30.6 Å². The van der Waals surface area contributed by atoms with E-state index >= 15 is 0 Å². The molecule has 13 heavy (non-hydrogen) atoms. The summed E-state index contributed by atoms with van der Waals surface area (Å²) in [7, 11) is 0. The van der Waals surface area contributed by atoms with E-state index in [9.17, 15) is 14.5 Å². The first kappa shape index (κ1) is 10.5. The molecule has 1 aromatic rings. The normalized spacial score (nSPS) is 10.1. The Kier molecular flexibility index (Phi) is 2.91. The van der Waals surface area contributed by atoms with Gasteiger partial charge in [-0.3, -0.25) is 10.1 Å². The van der Waals surface area contributed by atoms with Crippen molar-refractivity contribution in [3.63, 3.8) is 0 Å². The molecule has 1 N–H and O–H groups in total. The van der Waals surface area contributed by atoms with Crippen LogP contribution in [-0.4, -0.2) is 10.0 Å². The van der Waals surface area contributed by atoms with Crippen LogP contribution in [0.2, 0.25) is 5.02 Å². The van der Waals surface area contributed by atoms with Crippen LogP contribution in [0.4, 0.5) is 10.1 Å². The molecular weight excluding hydrogens is 315 g/mol. The lowest BCUT2D eigenvalue weighted by Crippen LogP contribution is -1.96. The maximum absolute atomic E-state index is 12.9. The first-order valence-corrected chi connectivity index (χ1v) is 4.41. The highest BCUT2D eigenvalue weighted by Crippen LogP contribution is 2.37. The summed E-state index contributed by atoms with van der Waals surface area (Å²) in [6, 6.07) is 0.706. The molecule has 0 aromatic heterocycles. The molecule has 1 rings (SSSR count). The lowest BCUT2D eigenvalue weighted by atomic mass is 10.3. The average molecular weight is 317 g/mol. The Morgan fingerprint density at radius 2 is 2.23 bits per heavy atom. The molecule has 0 fully saturated rings. The SMILES string of the molecule is O=[N+]([O-])c1c(F)cc(Cl)c(O)c1I. The number of phenols is 1. The Balaban J connectivity index is 3.53. The topological polar surface area (TPSA) is 63.4 Å². The van der Waals surface area contributed by atoms with Gasteiger partial charge in [0, 0.05) is 6.07 Å². The van der Waals surface area contributed by atoms with E-state index in [-0.39, 0.29) is 8.59 Å². The molecule has 0 atom stereocenters. The number of nitrogens with zero attached hydrogens (tertiary/aromatic N) is 1. The zero-order chi connectivity index (χ0) is 10.2. The second-order valence-electron chi connectivity index (χ2n) is 2.11. The highest BCUT2D eigenvalue weighted by atomic mass is 127. The largest absolute Gasteiger partial charge is 0.505 e. The molecular formula is C6H2ClFINO3. The fourth-order valence-corrected chi connectivity index (χ4v) is 1.83. The smallest absolute Gasteiger partial charge is 0.321 e. The minimum Gasteiger partial charge on any atom is -0.505 e. The second-order valence-corrected chi connectivity index (χ2v) is 3.59. The number of hydrogen-bond acceptors (Lipinski definition) is 3. The molecule has 0 saturated heterocycles. The summed E-state index contributed by atoms with van der Waals surface area (Å²) in [6.45, 7) is 0. The Hall–Kier alpha value is -0.630. The molecule has 0 radical (unpaired) electrons. The lowest BCUT2D eigenvalue weighted by Gasteiger charge is -2.01. The van der Waals surface area contributed by atoms with Crippen molar-refractivity contribution in [1.29, 1.82) is 0 Å². The molecule has 0 aliphatic rings. The van der Waals surface area contributed by atoms with Gasteiger partial charge in [0.15, 0.2) is 5.75 Å². The summed E-state index contributed by atoms with van der Waals surface area (Å²) in [5, 5.41) is 19.2. The van der Waals surface area contributed by atoms with E-state index in [1.54, 1.807) is 0 Å². The van der Waals surface area contributed by atoms with Gasteiger partial charge in [-0.1, -0.05) is 11.6 Å². The molecule has 7 heteroatoms. The number of aromatic hydroxyl groups is 1. The molecule has 0 bridgehead atoms. The number of hydrogen-bond donors (Lipinski definition) is 1. The Labute approximate surface area is 90.6 Å². The first-order chi connectivity index (χ1) is 5.95. The van der Waals surface area contributed by atoms with Crippen molar-refractivity contribution in [2.75, 3.05) is 0 Å². The van der Waals surface area contributed by atoms with Crippen molar-refractivity contribution in [2.45, 2.75) is 0 Å². The quantitative estimate of drug-likeness (QED) is 0.492. The standard InChI is InChI=1S/C6H2ClFINO3/c7-2-1-3(8)5(10(12)13)4(9)6(2)11/h1,11H.